The molecule has 1 heterocycles. The van der Waals surface area contributed by atoms with Crippen LogP contribution in [0.2, 0.25) is 0 Å². The number of carbonyl (C=O) groups is 2. The van der Waals surface area contributed by atoms with Crippen LogP contribution >= 0.6 is 12.4 Å². The zero-order valence-electron chi connectivity index (χ0n) is 11.0. The van der Waals surface area contributed by atoms with Gasteiger partial charge in [-0.15, -0.1) is 12.4 Å². The predicted octanol–water partition coefficient (Wildman–Crippen LogP) is 0.822. The van der Waals surface area contributed by atoms with Gasteiger partial charge in [0.25, 0.3) is 0 Å². The first-order chi connectivity index (χ1) is 9.20. The Kier molecular flexibility index (Phi) is 6.44. The summed E-state index contributed by atoms with van der Waals surface area (Å²) in [5, 5.41) is 5.80. The van der Waals surface area contributed by atoms with Gasteiger partial charge in [-0.25, -0.2) is 4.79 Å². The summed E-state index contributed by atoms with van der Waals surface area (Å²) in [6.45, 7) is 1.62. The monoisotopic (exact) mass is 300 g/mol. The van der Waals surface area contributed by atoms with E-state index in [-0.39, 0.29) is 24.4 Å². The van der Waals surface area contributed by atoms with Crippen molar-refractivity contribution in [2.24, 2.45) is 0 Å². The van der Waals surface area contributed by atoms with Gasteiger partial charge in [-0.3, -0.25) is 4.79 Å². The van der Waals surface area contributed by atoms with Gasteiger partial charge in [0.15, 0.2) is 0 Å². The first kappa shape index (κ1) is 16.4. The zero-order chi connectivity index (χ0) is 13.7. The Morgan fingerprint density at radius 1 is 1.45 bits per heavy atom. The number of carbonyl (C=O) groups excluding carboxylic acids is 2. The average Bonchev–Trinajstić information content (AvgIpc) is 2.47. The van der Waals surface area contributed by atoms with Crippen molar-refractivity contribution in [1.82, 2.24) is 5.32 Å². The van der Waals surface area contributed by atoms with Crippen molar-refractivity contribution in [3.8, 4) is 0 Å². The molecule has 2 N–H and O–H groups in total. The highest BCUT2D eigenvalue weighted by Gasteiger charge is 2.21. The van der Waals surface area contributed by atoms with Crippen molar-refractivity contribution in [1.29, 1.82) is 0 Å². The van der Waals surface area contributed by atoms with Crippen molar-refractivity contribution in [3.05, 3.63) is 29.8 Å². The van der Waals surface area contributed by atoms with Crippen molar-refractivity contribution in [3.63, 3.8) is 0 Å². The van der Waals surface area contributed by atoms with Crippen LogP contribution in [0.5, 0.6) is 0 Å². The van der Waals surface area contributed by atoms with Crippen LogP contribution in [-0.4, -0.2) is 44.8 Å². The third-order valence-corrected chi connectivity index (χ3v) is 2.79. The molecule has 0 aromatic heterocycles. The summed E-state index contributed by atoms with van der Waals surface area (Å²) < 4.78 is 9.85. The number of nitrogens with one attached hydrogen (secondary N) is 2. The Bertz CT molecular complexity index is 475. The molecule has 6 nitrogen and oxygen atoms in total. The molecule has 0 saturated carbocycles. The van der Waals surface area contributed by atoms with Crippen molar-refractivity contribution >= 4 is 30.0 Å². The average molecular weight is 301 g/mol. The molecule has 7 heteroatoms. The number of ether oxygens (including phenoxy) is 2. The maximum absolute atomic E-state index is 11.9. The van der Waals surface area contributed by atoms with E-state index < -0.39 is 5.97 Å². The molecule has 0 spiro atoms. The molecule has 0 radical (unpaired) electrons. The van der Waals surface area contributed by atoms with E-state index in [9.17, 15) is 9.59 Å². The summed E-state index contributed by atoms with van der Waals surface area (Å²) in [7, 11) is 1.32. The van der Waals surface area contributed by atoms with Gasteiger partial charge in [0.2, 0.25) is 5.91 Å². The fourth-order valence-electron chi connectivity index (χ4n) is 1.80. The highest BCUT2D eigenvalue weighted by atomic mass is 35.5. The van der Waals surface area contributed by atoms with Crippen LogP contribution in [0.15, 0.2) is 24.3 Å². The molecule has 0 aliphatic carbocycles. The number of methoxy groups -OCH3 is 1. The van der Waals surface area contributed by atoms with Crippen LogP contribution in [0, 0.1) is 0 Å². The SMILES string of the molecule is COC(=O)c1cccc(NC(=O)C2COCCN2)c1.Cl. The third kappa shape index (κ3) is 4.19. The first-order valence-corrected chi connectivity index (χ1v) is 6.01. The second-order valence-electron chi connectivity index (χ2n) is 4.14. The number of halogens is 1. The summed E-state index contributed by atoms with van der Waals surface area (Å²) in [5.74, 6) is -0.614. The van der Waals surface area contributed by atoms with E-state index in [1.165, 1.54) is 7.11 Å². The Balaban J connectivity index is 0.00000200. The lowest BCUT2D eigenvalue weighted by Crippen LogP contribution is -2.48. The summed E-state index contributed by atoms with van der Waals surface area (Å²) in [6.07, 6.45) is 0. The van der Waals surface area contributed by atoms with Gasteiger partial charge in [-0.05, 0) is 18.2 Å². The molecule has 110 valence electrons. The molecular formula is C13H17ClN2O4. The summed E-state index contributed by atoms with van der Waals surface area (Å²) >= 11 is 0. The maximum atomic E-state index is 11.9. The molecule has 1 amide bonds. The molecule has 1 aromatic rings. The minimum atomic E-state index is -0.435. The van der Waals surface area contributed by atoms with Crippen LogP contribution in [0.4, 0.5) is 5.69 Å². The topological polar surface area (TPSA) is 76.7 Å². The molecule has 1 aliphatic rings. The Labute approximate surface area is 123 Å². The largest absolute Gasteiger partial charge is 0.465 e. The van der Waals surface area contributed by atoms with E-state index in [1.807, 2.05) is 0 Å². The number of hydrogen-bond donors (Lipinski definition) is 2. The number of morpholine rings is 1. The van der Waals surface area contributed by atoms with Gasteiger partial charge < -0.3 is 20.1 Å². The second-order valence-corrected chi connectivity index (χ2v) is 4.14. The van der Waals surface area contributed by atoms with E-state index in [0.29, 0.717) is 31.0 Å². The summed E-state index contributed by atoms with van der Waals surface area (Å²) in [4.78, 5) is 23.3. The lowest BCUT2D eigenvalue weighted by Gasteiger charge is -2.22. The lowest BCUT2D eigenvalue weighted by molar-refractivity contribution is -0.120. The quantitative estimate of drug-likeness (QED) is 0.808. The standard InChI is InChI=1S/C13H16N2O4.ClH/c1-18-13(17)9-3-2-4-10(7-9)15-12(16)11-8-19-6-5-14-11;/h2-4,7,11,14H,5-6,8H2,1H3,(H,15,16);1H. The number of esters is 1. The van der Waals surface area contributed by atoms with Gasteiger partial charge >= 0.3 is 5.97 Å². The van der Waals surface area contributed by atoms with Crippen LogP contribution in [0.1, 0.15) is 10.4 Å². The molecule has 1 saturated heterocycles. The lowest BCUT2D eigenvalue weighted by atomic mass is 10.2. The fraction of sp³-hybridized carbons (Fsp3) is 0.385. The smallest absolute Gasteiger partial charge is 0.337 e. The highest BCUT2D eigenvalue weighted by Crippen LogP contribution is 2.12. The number of rotatable bonds is 3. The summed E-state index contributed by atoms with van der Waals surface area (Å²) in [5.41, 5.74) is 0.952. The molecule has 0 bridgehead atoms. The van der Waals surface area contributed by atoms with Crippen molar-refractivity contribution in [2.45, 2.75) is 6.04 Å². The Morgan fingerprint density at radius 3 is 2.90 bits per heavy atom. The molecule has 1 atom stereocenters. The van der Waals surface area contributed by atoms with Crippen LogP contribution in [0.3, 0.4) is 0 Å². The van der Waals surface area contributed by atoms with Gasteiger partial charge in [0.05, 0.1) is 25.9 Å². The number of amides is 1. The Morgan fingerprint density at radius 2 is 2.25 bits per heavy atom. The van der Waals surface area contributed by atoms with Crippen LogP contribution in [-0.2, 0) is 14.3 Å². The number of benzene rings is 1. The van der Waals surface area contributed by atoms with Gasteiger partial charge in [-0.1, -0.05) is 6.07 Å². The van der Waals surface area contributed by atoms with E-state index in [0.717, 1.165) is 0 Å². The van der Waals surface area contributed by atoms with E-state index in [4.69, 9.17) is 4.74 Å². The molecule has 1 fully saturated rings. The first-order valence-electron chi connectivity index (χ1n) is 6.01. The molecule has 2 rings (SSSR count). The number of hydrogen-bond acceptors (Lipinski definition) is 5. The van der Waals surface area contributed by atoms with Crippen molar-refractivity contribution < 1.29 is 19.1 Å². The third-order valence-electron chi connectivity index (χ3n) is 2.79. The minimum Gasteiger partial charge on any atom is -0.465 e. The Hall–Kier alpha value is -1.63. The van der Waals surface area contributed by atoms with Crippen molar-refractivity contribution in [2.75, 3.05) is 32.2 Å². The zero-order valence-corrected chi connectivity index (χ0v) is 11.9. The summed E-state index contributed by atoms with van der Waals surface area (Å²) in [6, 6.07) is 6.24. The minimum absolute atomic E-state index is 0. The van der Waals surface area contributed by atoms with Gasteiger partial charge in [-0.2, -0.15) is 0 Å². The normalized spacial score (nSPS) is 17.8. The molecule has 1 aliphatic heterocycles. The fourth-order valence-corrected chi connectivity index (χ4v) is 1.80. The molecule has 1 aromatic carbocycles. The van der Waals surface area contributed by atoms with Gasteiger partial charge in [0, 0.05) is 12.2 Å². The molecule has 1 unspecified atom stereocenters. The van der Waals surface area contributed by atoms with E-state index in [2.05, 4.69) is 15.4 Å². The second kappa shape index (κ2) is 7.84. The molecule has 20 heavy (non-hydrogen) atoms. The van der Waals surface area contributed by atoms with Crippen LogP contribution in [0.25, 0.3) is 0 Å². The predicted molar refractivity (Wildman–Crippen MR) is 76.3 cm³/mol. The van der Waals surface area contributed by atoms with Crippen LogP contribution < -0.4 is 10.6 Å². The highest BCUT2D eigenvalue weighted by molar-refractivity contribution is 5.97. The number of anilines is 1. The molecular weight excluding hydrogens is 284 g/mol. The van der Waals surface area contributed by atoms with E-state index >= 15 is 0 Å². The van der Waals surface area contributed by atoms with Gasteiger partial charge in [0.1, 0.15) is 6.04 Å². The van der Waals surface area contributed by atoms with E-state index in [1.54, 1.807) is 24.3 Å². The maximum Gasteiger partial charge on any atom is 0.337 e.